The lowest BCUT2D eigenvalue weighted by atomic mass is 9.88. The van der Waals surface area contributed by atoms with E-state index in [1.165, 1.54) is 0 Å². The standard InChI is InChI=1S/C16H22ClN3O/c1-11(2)12(7-8-18)4-6-16(21)20-14-5-3-13(10-19)15(17)9-14/h3,5,9,11-12H,4,6-8,18H2,1-2H3,(H,20,21). The van der Waals surface area contributed by atoms with E-state index >= 15 is 0 Å². The van der Waals surface area contributed by atoms with Crippen LogP contribution in [0.4, 0.5) is 5.69 Å². The molecule has 21 heavy (non-hydrogen) atoms. The van der Waals surface area contributed by atoms with Crippen LogP contribution in [0.5, 0.6) is 0 Å². The van der Waals surface area contributed by atoms with E-state index < -0.39 is 0 Å². The zero-order valence-electron chi connectivity index (χ0n) is 12.5. The predicted octanol–water partition coefficient (Wildman–Crippen LogP) is 3.55. The summed E-state index contributed by atoms with van der Waals surface area (Å²) in [6, 6.07) is 6.86. The number of hydrogen-bond donors (Lipinski definition) is 2. The van der Waals surface area contributed by atoms with Gasteiger partial charge in [-0.15, -0.1) is 0 Å². The summed E-state index contributed by atoms with van der Waals surface area (Å²) in [5.74, 6) is 0.939. The van der Waals surface area contributed by atoms with Crippen molar-refractivity contribution < 1.29 is 4.79 Å². The third-order valence-electron chi connectivity index (χ3n) is 3.60. The molecule has 0 bridgehead atoms. The molecule has 3 N–H and O–H groups in total. The number of benzene rings is 1. The summed E-state index contributed by atoms with van der Waals surface area (Å²) in [4.78, 5) is 12.0. The molecular weight excluding hydrogens is 286 g/mol. The normalized spacial score (nSPS) is 12.0. The van der Waals surface area contributed by atoms with Gasteiger partial charge in [-0.3, -0.25) is 4.79 Å². The fraction of sp³-hybridized carbons (Fsp3) is 0.500. The number of carbonyl (C=O) groups is 1. The Morgan fingerprint density at radius 2 is 2.14 bits per heavy atom. The first-order valence-electron chi connectivity index (χ1n) is 7.17. The van der Waals surface area contributed by atoms with E-state index in [4.69, 9.17) is 22.6 Å². The van der Waals surface area contributed by atoms with Crippen molar-refractivity contribution >= 4 is 23.2 Å². The minimum Gasteiger partial charge on any atom is -0.330 e. The smallest absolute Gasteiger partial charge is 0.224 e. The van der Waals surface area contributed by atoms with Crippen molar-refractivity contribution in [1.82, 2.24) is 0 Å². The summed E-state index contributed by atoms with van der Waals surface area (Å²) >= 11 is 5.94. The van der Waals surface area contributed by atoms with Gasteiger partial charge in [0.2, 0.25) is 5.91 Å². The van der Waals surface area contributed by atoms with E-state index in [1.807, 2.05) is 6.07 Å². The second kappa shape index (κ2) is 8.66. The van der Waals surface area contributed by atoms with Crippen LogP contribution in [-0.4, -0.2) is 12.5 Å². The molecule has 0 heterocycles. The van der Waals surface area contributed by atoms with Gasteiger partial charge in [-0.25, -0.2) is 0 Å². The van der Waals surface area contributed by atoms with E-state index in [2.05, 4.69) is 19.2 Å². The van der Waals surface area contributed by atoms with Gasteiger partial charge < -0.3 is 11.1 Å². The van der Waals surface area contributed by atoms with Gasteiger partial charge in [0, 0.05) is 12.1 Å². The maximum absolute atomic E-state index is 12.0. The van der Waals surface area contributed by atoms with E-state index in [9.17, 15) is 4.79 Å². The van der Waals surface area contributed by atoms with Gasteiger partial charge in [0.15, 0.2) is 0 Å². The molecule has 0 fully saturated rings. The molecule has 114 valence electrons. The third kappa shape index (κ3) is 5.74. The quantitative estimate of drug-likeness (QED) is 0.808. The first-order chi connectivity index (χ1) is 9.97. The van der Waals surface area contributed by atoms with Crippen LogP contribution < -0.4 is 11.1 Å². The van der Waals surface area contributed by atoms with E-state index in [1.54, 1.807) is 18.2 Å². The van der Waals surface area contributed by atoms with Crippen LogP contribution in [0.3, 0.4) is 0 Å². The minimum atomic E-state index is -0.0431. The van der Waals surface area contributed by atoms with Gasteiger partial charge in [-0.2, -0.15) is 5.26 Å². The number of halogens is 1. The summed E-state index contributed by atoms with van der Waals surface area (Å²) in [6.45, 7) is 4.95. The molecule has 1 aromatic rings. The molecule has 0 radical (unpaired) electrons. The highest BCUT2D eigenvalue weighted by atomic mass is 35.5. The molecule has 4 nitrogen and oxygen atoms in total. The van der Waals surface area contributed by atoms with Crippen molar-refractivity contribution in [3.05, 3.63) is 28.8 Å². The minimum absolute atomic E-state index is 0.0431. The highest BCUT2D eigenvalue weighted by Crippen LogP contribution is 2.22. The van der Waals surface area contributed by atoms with Crippen LogP contribution in [0, 0.1) is 23.2 Å². The molecule has 1 aromatic carbocycles. The van der Waals surface area contributed by atoms with Gasteiger partial charge in [-0.05, 0) is 49.4 Å². The number of nitrogens with zero attached hydrogens (tertiary/aromatic N) is 1. The van der Waals surface area contributed by atoms with Gasteiger partial charge in [0.25, 0.3) is 0 Å². The maximum atomic E-state index is 12.0. The SMILES string of the molecule is CC(C)C(CCN)CCC(=O)Nc1ccc(C#N)c(Cl)c1. The molecule has 5 heteroatoms. The second-order valence-electron chi connectivity index (χ2n) is 5.47. The van der Waals surface area contributed by atoms with Crippen LogP contribution in [0.25, 0.3) is 0 Å². The fourth-order valence-corrected chi connectivity index (χ4v) is 2.47. The Morgan fingerprint density at radius 1 is 1.43 bits per heavy atom. The number of carbonyl (C=O) groups excluding carboxylic acids is 1. The molecule has 1 amide bonds. The van der Waals surface area contributed by atoms with Crippen LogP contribution in [0.2, 0.25) is 5.02 Å². The van der Waals surface area contributed by atoms with E-state index in [-0.39, 0.29) is 5.91 Å². The second-order valence-corrected chi connectivity index (χ2v) is 5.88. The number of hydrogen-bond acceptors (Lipinski definition) is 3. The van der Waals surface area contributed by atoms with Gasteiger partial charge >= 0.3 is 0 Å². The molecule has 1 unspecified atom stereocenters. The Labute approximate surface area is 131 Å². The molecule has 0 aromatic heterocycles. The number of nitrogens with two attached hydrogens (primary N) is 1. The third-order valence-corrected chi connectivity index (χ3v) is 3.91. The Bertz CT molecular complexity index is 523. The molecule has 1 atom stereocenters. The number of rotatable bonds is 7. The van der Waals surface area contributed by atoms with Gasteiger partial charge in [0.05, 0.1) is 10.6 Å². The van der Waals surface area contributed by atoms with Crippen molar-refractivity contribution in [3.63, 3.8) is 0 Å². The Balaban J connectivity index is 2.54. The Morgan fingerprint density at radius 3 is 2.67 bits per heavy atom. The van der Waals surface area contributed by atoms with Gasteiger partial charge in [0.1, 0.15) is 6.07 Å². The zero-order valence-corrected chi connectivity index (χ0v) is 13.3. The molecule has 0 spiro atoms. The Hall–Kier alpha value is -1.57. The molecule has 0 saturated heterocycles. The van der Waals surface area contributed by atoms with Crippen molar-refractivity contribution in [2.45, 2.75) is 33.1 Å². The number of amides is 1. The average Bonchev–Trinajstić information content (AvgIpc) is 2.43. The van der Waals surface area contributed by atoms with Gasteiger partial charge in [-0.1, -0.05) is 25.4 Å². The monoisotopic (exact) mass is 307 g/mol. The van der Waals surface area contributed by atoms with Crippen molar-refractivity contribution in [3.8, 4) is 6.07 Å². The molecule has 0 aliphatic carbocycles. The van der Waals surface area contributed by atoms with Crippen molar-refractivity contribution in [1.29, 1.82) is 5.26 Å². The highest BCUT2D eigenvalue weighted by molar-refractivity contribution is 6.32. The van der Waals surface area contributed by atoms with Crippen LogP contribution in [-0.2, 0) is 4.79 Å². The lowest BCUT2D eigenvalue weighted by Crippen LogP contribution is -2.18. The fourth-order valence-electron chi connectivity index (χ4n) is 2.25. The molecular formula is C16H22ClN3O. The molecule has 0 saturated carbocycles. The number of nitrogens with one attached hydrogen (secondary N) is 1. The summed E-state index contributed by atoms with van der Waals surface area (Å²) in [5.41, 5.74) is 6.61. The molecule has 1 rings (SSSR count). The number of nitriles is 1. The van der Waals surface area contributed by atoms with Crippen LogP contribution in [0.15, 0.2) is 18.2 Å². The lowest BCUT2D eigenvalue weighted by molar-refractivity contribution is -0.116. The van der Waals surface area contributed by atoms with Crippen LogP contribution in [0.1, 0.15) is 38.7 Å². The van der Waals surface area contributed by atoms with Crippen molar-refractivity contribution in [2.24, 2.45) is 17.6 Å². The first kappa shape index (κ1) is 17.5. The Kier molecular flexibility index (Phi) is 7.21. The topological polar surface area (TPSA) is 78.9 Å². The van der Waals surface area contributed by atoms with E-state index in [0.717, 1.165) is 12.8 Å². The maximum Gasteiger partial charge on any atom is 0.224 e. The zero-order chi connectivity index (χ0) is 15.8. The highest BCUT2D eigenvalue weighted by Gasteiger charge is 2.14. The lowest BCUT2D eigenvalue weighted by Gasteiger charge is -2.19. The predicted molar refractivity (Wildman–Crippen MR) is 86.0 cm³/mol. The molecule has 0 aliphatic heterocycles. The summed E-state index contributed by atoms with van der Waals surface area (Å²) in [5, 5.41) is 12.0. The number of anilines is 1. The molecule has 0 aliphatic rings. The van der Waals surface area contributed by atoms with Crippen LogP contribution >= 0.6 is 11.6 Å². The summed E-state index contributed by atoms with van der Waals surface area (Å²) in [7, 11) is 0. The average molecular weight is 308 g/mol. The summed E-state index contributed by atoms with van der Waals surface area (Å²) < 4.78 is 0. The first-order valence-corrected chi connectivity index (χ1v) is 7.55. The van der Waals surface area contributed by atoms with Crippen molar-refractivity contribution in [2.75, 3.05) is 11.9 Å². The summed E-state index contributed by atoms with van der Waals surface area (Å²) in [6.07, 6.45) is 2.22. The largest absolute Gasteiger partial charge is 0.330 e. The van der Waals surface area contributed by atoms with E-state index in [0.29, 0.717) is 41.1 Å².